The van der Waals surface area contributed by atoms with E-state index in [1.807, 2.05) is 133 Å². The zero-order valence-electron chi connectivity index (χ0n) is 80.4. The van der Waals surface area contributed by atoms with Crippen LogP contribution in [0.3, 0.4) is 0 Å². The molecule has 5 nitrogen and oxygen atoms in total. The lowest BCUT2D eigenvalue weighted by atomic mass is 9.33. The maximum Gasteiger partial charge on any atom is 0.252 e. The van der Waals surface area contributed by atoms with Gasteiger partial charge in [-0.05, 0) is 209 Å². The van der Waals surface area contributed by atoms with Gasteiger partial charge in [0, 0.05) is 88.7 Å². The Morgan fingerprint density at radius 2 is 0.621 bits per heavy atom. The van der Waals surface area contributed by atoms with Crippen LogP contribution in [0, 0.1) is 0 Å². The highest BCUT2D eigenvalue weighted by molar-refractivity contribution is 7.00. The standard InChI is InChI=1S/C110H81BN4O/c1-109(2,3)80-64-89(72-35-15-9-16-36-72)107(91(66-80)77-41-29-39-74(59-77)70-31-11-7-12-32-70)114-100-68-82(112-96-48-24-19-43-84(96)85-44-20-25-49-97(85)112)54-56-94(100)111-95-57-55-83(113-98-50-26-21-45-86(98)87-46-22-27-51-99(87)113)69-101(95)115(103-63-79(62-102(114)106(103)111)76-53-58-105-93(61-76)88-47-23-28-52-104(88)116-105)108-90(73-37-17-10-18-38-73)65-81(110(4,5)6)67-92(108)78-42-30-40-75(60-78)71-33-13-8-14-34-71/h7-69H,1-6H3/i19D,20D,21D,22D,24D,25D,26D,27D,43D,44D,45D,46D,48D,49D,50D,51D. The summed E-state index contributed by atoms with van der Waals surface area (Å²) in [5, 5.41) is 1.38. The maximum atomic E-state index is 10.1. The van der Waals surface area contributed by atoms with Crippen LogP contribution in [0.1, 0.15) is 74.6 Å². The van der Waals surface area contributed by atoms with Gasteiger partial charge in [-0.3, -0.25) is 0 Å². The van der Waals surface area contributed by atoms with Crippen LogP contribution < -0.4 is 26.2 Å². The molecule has 0 radical (unpaired) electrons. The van der Waals surface area contributed by atoms with Crippen LogP contribution in [0.4, 0.5) is 34.1 Å². The van der Waals surface area contributed by atoms with Gasteiger partial charge in [0.15, 0.2) is 0 Å². The first kappa shape index (κ1) is 53.7. The molecule has 0 fully saturated rings. The number of fused-ring (bicyclic) bond motifs is 13. The van der Waals surface area contributed by atoms with Crippen molar-refractivity contribution in [3.8, 4) is 89.3 Å². The number of hydrogen-bond acceptors (Lipinski definition) is 3. The number of para-hydroxylation sites is 5. The van der Waals surface area contributed by atoms with Gasteiger partial charge in [-0.15, -0.1) is 0 Å². The summed E-state index contributed by atoms with van der Waals surface area (Å²) in [6.07, 6.45) is 0. The number of aromatic nitrogens is 2. The van der Waals surface area contributed by atoms with Gasteiger partial charge in [-0.1, -0.05) is 308 Å². The van der Waals surface area contributed by atoms with E-state index in [4.69, 9.17) is 4.42 Å². The highest BCUT2D eigenvalue weighted by atomic mass is 16.3. The Morgan fingerprint density at radius 3 is 1.04 bits per heavy atom. The van der Waals surface area contributed by atoms with Crippen LogP contribution in [0.5, 0.6) is 0 Å². The normalized spacial score (nSPS) is 14.6. The Hall–Kier alpha value is -14.2. The monoisotopic (exact) mass is 1500 g/mol. The Kier molecular flexibility index (Phi) is 12.4. The Balaban J connectivity index is 0.977. The van der Waals surface area contributed by atoms with Gasteiger partial charge >= 0.3 is 0 Å². The molecule has 550 valence electrons. The first-order valence-corrected chi connectivity index (χ1v) is 39.2. The molecular formula is C110H81BN4O. The first-order chi connectivity index (χ1) is 63.4. The largest absolute Gasteiger partial charge is 0.456 e. The Bertz CT molecular complexity index is 7810. The summed E-state index contributed by atoms with van der Waals surface area (Å²) < 4.78 is 164. The Morgan fingerprint density at radius 1 is 0.267 bits per heavy atom. The van der Waals surface area contributed by atoms with Crippen molar-refractivity contribution < 1.29 is 26.3 Å². The minimum Gasteiger partial charge on any atom is -0.456 e. The number of furan rings is 1. The molecule has 0 amide bonds. The summed E-state index contributed by atoms with van der Waals surface area (Å²) in [4.78, 5) is 4.70. The predicted octanol–water partition coefficient (Wildman–Crippen LogP) is 28.1. The summed E-state index contributed by atoms with van der Waals surface area (Å²) in [5.41, 5.74) is 21.0. The number of hydrogen-bond donors (Lipinski definition) is 0. The van der Waals surface area contributed by atoms with Crippen molar-refractivity contribution in [1.82, 2.24) is 9.13 Å². The zero-order chi connectivity index (χ0) is 91.6. The molecule has 6 heteroatoms. The summed E-state index contributed by atoms with van der Waals surface area (Å²) in [5.74, 6) is 0. The molecule has 3 aromatic heterocycles. The van der Waals surface area contributed by atoms with Crippen LogP contribution in [-0.2, 0) is 10.8 Å². The third-order valence-corrected chi connectivity index (χ3v) is 23.5. The van der Waals surface area contributed by atoms with Crippen LogP contribution in [-0.4, -0.2) is 15.8 Å². The van der Waals surface area contributed by atoms with Gasteiger partial charge in [0.1, 0.15) is 11.2 Å². The van der Waals surface area contributed by atoms with Gasteiger partial charge in [0.05, 0.1) is 55.4 Å². The average Bonchev–Trinajstić information content (AvgIpc) is 0.740. The fraction of sp³-hybridized carbons (Fsp3) is 0.0727. The van der Waals surface area contributed by atoms with Crippen molar-refractivity contribution in [2.24, 2.45) is 0 Å². The van der Waals surface area contributed by atoms with Crippen LogP contribution in [0.25, 0.3) is 155 Å². The quantitative estimate of drug-likeness (QED) is 0.121. The molecule has 17 aromatic carbocycles. The van der Waals surface area contributed by atoms with Crippen molar-refractivity contribution in [1.29, 1.82) is 0 Å². The molecule has 0 aliphatic carbocycles. The fourth-order valence-corrected chi connectivity index (χ4v) is 17.9. The van der Waals surface area contributed by atoms with Crippen molar-refractivity contribution >= 4 is 123 Å². The topological polar surface area (TPSA) is 29.5 Å². The van der Waals surface area contributed by atoms with Crippen molar-refractivity contribution in [3.63, 3.8) is 0 Å². The van der Waals surface area contributed by atoms with E-state index in [-0.39, 0.29) is 55.0 Å². The summed E-state index contributed by atoms with van der Waals surface area (Å²) in [6.45, 7) is 12.4. The molecule has 20 aromatic rings. The van der Waals surface area contributed by atoms with Crippen LogP contribution >= 0.6 is 0 Å². The number of anilines is 6. The van der Waals surface area contributed by atoms with E-state index in [1.54, 1.807) is 9.13 Å². The third kappa shape index (κ3) is 11.1. The van der Waals surface area contributed by atoms with E-state index in [1.165, 1.54) is 0 Å². The van der Waals surface area contributed by atoms with Gasteiger partial charge in [0.2, 0.25) is 0 Å². The highest BCUT2D eigenvalue weighted by Gasteiger charge is 2.46. The summed E-state index contributed by atoms with van der Waals surface area (Å²) in [7, 11) is 0. The smallest absolute Gasteiger partial charge is 0.252 e. The molecule has 0 saturated carbocycles. The SMILES string of the molecule is [2H]c1c([2H])c([2H])c2c(c1[2H])c1c([2H])c([2H])c([2H])c([2H])c1n2-c1ccc2c(c1)N(c1c(-c3ccccc3)cc(C(C)(C)C)cc1-c1cccc(-c3ccccc3)c1)c1cc(-c3ccc4oc5ccccc5c4c3)cc3c1B2c1ccc(-n2c4c([2H])c([2H])c([2H])c([2H])c4c4c([2H])c([2H])c([2H])c([2H])c42)cc1N3c1c(-c2ccccc2)cc(C(C)(C)C)cc1-c1cccc(-c2ccccc2)c1. The molecule has 0 bridgehead atoms. The lowest BCUT2D eigenvalue weighted by molar-refractivity contribution is 0.590. The zero-order valence-corrected chi connectivity index (χ0v) is 64.4. The van der Waals surface area contributed by atoms with E-state index in [2.05, 4.69) is 203 Å². The number of benzene rings is 17. The van der Waals surface area contributed by atoms with E-state index in [9.17, 15) is 21.9 Å². The molecule has 0 spiro atoms. The minimum atomic E-state index is -0.858. The van der Waals surface area contributed by atoms with Crippen molar-refractivity contribution in [3.05, 3.63) is 393 Å². The fourth-order valence-electron chi connectivity index (χ4n) is 17.9. The molecule has 2 aliphatic rings. The maximum absolute atomic E-state index is 10.1. The Labute approximate surface area is 699 Å². The summed E-state index contributed by atoms with van der Waals surface area (Å²) >= 11 is 0. The van der Waals surface area contributed by atoms with Gasteiger partial charge in [-0.25, -0.2) is 0 Å². The molecule has 0 saturated heterocycles. The van der Waals surface area contributed by atoms with E-state index in [0.717, 1.165) is 117 Å². The van der Waals surface area contributed by atoms with E-state index < -0.39 is 114 Å². The van der Waals surface area contributed by atoms with Crippen LogP contribution in [0.2, 0.25) is 0 Å². The van der Waals surface area contributed by atoms with E-state index in [0.29, 0.717) is 44.8 Å². The van der Waals surface area contributed by atoms with Crippen molar-refractivity contribution in [2.75, 3.05) is 9.80 Å². The summed E-state index contributed by atoms with van der Waals surface area (Å²) in [6, 6.07) is 89.6. The minimum absolute atomic E-state index is 0.0712. The van der Waals surface area contributed by atoms with Crippen molar-refractivity contribution in [2.45, 2.75) is 52.4 Å². The third-order valence-electron chi connectivity index (χ3n) is 23.5. The lowest BCUT2D eigenvalue weighted by Crippen LogP contribution is -2.61. The lowest BCUT2D eigenvalue weighted by Gasteiger charge is -2.46. The highest BCUT2D eigenvalue weighted by Crippen LogP contribution is 2.57. The molecule has 5 heterocycles. The second-order valence-electron chi connectivity index (χ2n) is 32.4. The number of nitrogens with zero attached hydrogens (tertiary/aromatic N) is 4. The molecule has 0 N–H and O–H groups in total. The number of rotatable bonds is 11. The second-order valence-corrected chi connectivity index (χ2v) is 32.4. The molecule has 22 rings (SSSR count). The molecular weight excluding hydrogens is 1400 g/mol. The molecule has 0 atom stereocenters. The van der Waals surface area contributed by atoms with Gasteiger partial charge in [0.25, 0.3) is 6.71 Å². The van der Waals surface area contributed by atoms with Gasteiger partial charge < -0.3 is 23.4 Å². The first-order valence-electron chi connectivity index (χ1n) is 47.2. The van der Waals surface area contributed by atoms with Gasteiger partial charge in [-0.2, -0.15) is 0 Å². The predicted molar refractivity (Wildman–Crippen MR) is 492 cm³/mol. The molecule has 116 heavy (non-hydrogen) atoms. The molecule has 0 unspecified atom stereocenters. The second kappa shape index (κ2) is 26.7. The average molecular weight is 1500 g/mol. The molecule has 2 aliphatic heterocycles. The van der Waals surface area contributed by atoms with E-state index >= 15 is 0 Å². The van der Waals surface area contributed by atoms with Crippen LogP contribution in [0.15, 0.2) is 386 Å².